The maximum atomic E-state index is 3.21. The molecule has 3 rings (SSSR count). The predicted octanol–water partition coefficient (Wildman–Crippen LogP) is 4.35. The molecular weight excluding hydrogens is 182 g/mol. The van der Waals surface area contributed by atoms with E-state index in [-0.39, 0.29) is 0 Å². The molecule has 1 aromatic heterocycles. The van der Waals surface area contributed by atoms with E-state index in [9.17, 15) is 0 Å². The number of hydrogen-bond donors (Lipinski definition) is 1. The molecule has 0 saturated carbocycles. The molecule has 15 heavy (non-hydrogen) atoms. The zero-order chi connectivity index (χ0) is 10.7. The Kier molecular flexibility index (Phi) is 2.72. The van der Waals surface area contributed by atoms with Gasteiger partial charge in [-0.3, -0.25) is 0 Å². The van der Waals surface area contributed by atoms with Crippen molar-refractivity contribution in [3.8, 4) is 0 Å². The minimum atomic E-state index is 1.21. The van der Waals surface area contributed by atoms with E-state index in [1.54, 1.807) is 0 Å². The minimum Gasteiger partial charge on any atom is -0.361 e. The van der Waals surface area contributed by atoms with Crippen molar-refractivity contribution in [3.05, 3.63) is 48.7 Å². The molecule has 1 N–H and O–H groups in total. The van der Waals surface area contributed by atoms with Crippen LogP contribution in [0, 0.1) is 0 Å². The summed E-state index contributed by atoms with van der Waals surface area (Å²) in [6, 6.07) is 14.8. The molecule has 0 amide bonds. The molecule has 0 saturated heterocycles. The first-order valence-corrected chi connectivity index (χ1v) is 5.40. The third-order valence-corrected chi connectivity index (χ3v) is 2.46. The molecule has 0 atom stereocenters. The Morgan fingerprint density at radius 2 is 1.60 bits per heavy atom. The number of benzene rings is 2. The lowest BCUT2D eigenvalue weighted by atomic mass is 10.1. The lowest BCUT2D eigenvalue weighted by Crippen LogP contribution is -1.72. The van der Waals surface area contributed by atoms with Gasteiger partial charge in [0, 0.05) is 17.1 Å². The Balaban J connectivity index is 0.000000404. The number of aromatic amines is 1. The molecule has 0 fully saturated rings. The number of H-pyrrole nitrogens is 1. The Hall–Kier alpha value is -1.76. The number of nitrogens with one attached hydrogen (secondary N) is 1. The van der Waals surface area contributed by atoms with E-state index in [4.69, 9.17) is 0 Å². The van der Waals surface area contributed by atoms with E-state index >= 15 is 0 Å². The maximum Gasteiger partial charge on any atom is 0.0460 e. The molecule has 0 spiro atoms. The molecular formula is C14H15N. The Morgan fingerprint density at radius 3 is 2.47 bits per heavy atom. The van der Waals surface area contributed by atoms with Crippen LogP contribution in [-0.2, 0) is 0 Å². The highest BCUT2D eigenvalue weighted by molar-refractivity contribution is 6.06. The van der Waals surface area contributed by atoms with E-state index in [1.807, 2.05) is 20.0 Å². The minimum absolute atomic E-state index is 1.21. The van der Waals surface area contributed by atoms with Crippen molar-refractivity contribution in [1.82, 2.24) is 4.98 Å². The second-order valence-corrected chi connectivity index (χ2v) is 3.23. The van der Waals surface area contributed by atoms with Crippen LogP contribution in [-0.4, -0.2) is 4.98 Å². The normalized spacial score (nSPS) is 10.0. The van der Waals surface area contributed by atoms with E-state index in [1.165, 1.54) is 21.7 Å². The summed E-state index contributed by atoms with van der Waals surface area (Å²) in [7, 11) is 0. The van der Waals surface area contributed by atoms with Crippen LogP contribution in [0.4, 0.5) is 0 Å². The van der Waals surface area contributed by atoms with Crippen LogP contribution in [0.5, 0.6) is 0 Å². The van der Waals surface area contributed by atoms with Crippen molar-refractivity contribution < 1.29 is 0 Å². The van der Waals surface area contributed by atoms with Gasteiger partial charge in [-0.15, -0.1) is 0 Å². The Bertz CT molecular complexity index is 563. The number of hydrogen-bond acceptors (Lipinski definition) is 0. The van der Waals surface area contributed by atoms with Gasteiger partial charge < -0.3 is 4.98 Å². The van der Waals surface area contributed by atoms with Crippen molar-refractivity contribution in [2.75, 3.05) is 0 Å². The molecule has 76 valence electrons. The SMILES string of the molecule is CC.c1ccc2c(c1)ccc1[nH]ccc12. The second kappa shape index (κ2) is 4.18. The third kappa shape index (κ3) is 1.61. The van der Waals surface area contributed by atoms with Gasteiger partial charge in [-0.05, 0) is 22.9 Å². The van der Waals surface area contributed by atoms with Gasteiger partial charge in [0.2, 0.25) is 0 Å². The fourth-order valence-corrected chi connectivity index (χ4v) is 1.82. The Morgan fingerprint density at radius 1 is 0.800 bits per heavy atom. The van der Waals surface area contributed by atoms with E-state index in [0.717, 1.165) is 0 Å². The predicted molar refractivity (Wildman–Crippen MR) is 67.2 cm³/mol. The summed E-state index contributed by atoms with van der Waals surface area (Å²) >= 11 is 0. The lowest BCUT2D eigenvalue weighted by molar-refractivity contribution is 1.48. The highest BCUT2D eigenvalue weighted by Gasteiger charge is 1.98. The molecule has 3 aromatic rings. The molecule has 0 unspecified atom stereocenters. The summed E-state index contributed by atoms with van der Waals surface area (Å²) in [4.78, 5) is 3.21. The van der Waals surface area contributed by atoms with Crippen LogP contribution in [0.2, 0.25) is 0 Å². The summed E-state index contributed by atoms with van der Waals surface area (Å²) in [5, 5.41) is 3.92. The van der Waals surface area contributed by atoms with Crippen LogP contribution in [0.3, 0.4) is 0 Å². The third-order valence-electron chi connectivity index (χ3n) is 2.46. The molecule has 1 nitrogen and oxygen atoms in total. The van der Waals surface area contributed by atoms with Crippen LogP contribution < -0.4 is 0 Å². The van der Waals surface area contributed by atoms with Crippen molar-refractivity contribution >= 4 is 21.7 Å². The summed E-state index contributed by atoms with van der Waals surface area (Å²) < 4.78 is 0. The maximum absolute atomic E-state index is 3.21. The summed E-state index contributed by atoms with van der Waals surface area (Å²) in [5.74, 6) is 0. The first kappa shape index (κ1) is 9.78. The van der Waals surface area contributed by atoms with E-state index in [0.29, 0.717) is 0 Å². The molecule has 0 bridgehead atoms. The van der Waals surface area contributed by atoms with Crippen molar-refractivity contribution in [3.63, 3.8) is 0 Å². The van der Waals surface area contributed by atoms with Crippen LogP contribution >= 0.6 is 0 Å². The fraction of sp³-hybridized carbons (Fsp3) is 0.143. The first-order chi connectivity index (χ1) is 7.45. The molecule has 0 radical (unpaired) electrons. The summed E-state index contributed by atoms with van der Waals surface area (Å²) in [6.45, 7) is 4.00. The van der Waals surface area contributed by atoms with Crippen LogP contribution in [0.25, 0.3) is 21.7 Å². The number of fused-ring (bicyclic) bond motifs is 3. The van der Waals surface area contributed by atoms with Crippen molar-refractivity contribution in [2.24, 2.45) is 0 Å². The highest BCUT2D eigenvalue weighted by atomic mass is 14.7. The number of aromatic nitrogens is 1. The van der Waals surface area contributed by atoms with Gasteiger partial charge in [-0.25, -0.2) is 0 Å². The molecule has 2 aromatic carbocycles. The fourth-order valence-electron chi connectivity index (χ4n) is 1.82. The van der Waals surface area contributed by atoms with Crippen LogP contribution in [0.15, 0.2) is 48.7 Å². The quantitative estimate of drug-likeness (QED) is 0.551. The highest BCUT2D eigenvalue weighted by Crippen LogP contribution is 2.23. The zero-order valence-corrected chi connectivity index (χ0v) is 9.12. The molecule has 1 heterocycles. The van der Waals surface area contributed by atoms with Gasteiger partial charge in [0.05, 0.1) is 0 Å². The molecule has 0 aliphatic rings. The summed E-state index contributed by atoms with van der Waals surface area (Å²) in [6.07, 6.45) is 1.98. The van der Waals surface area contributed by atoms with Gasteiger partial charge in [-0.1, -0.05) is 44.2 Å². The summed E-state index contributed by atoms with van der Waals surface area (Å²) in [5.41, 5.74) is 1.21. The van der Waals surface area contributed by atoms with E-state index < -0.39 is 0 Å². The zero-order valence-electron chi connectivity index (χ0n) is 9.12. The van der Waals surface area contributed by atoms with Gasteiger partial charge in [-0.2, -0.15) is 0 Å². The average Bonchev–Trinajstić information content (AvgIpc) is 2.80. The van der Waals surface area contributed by atoms with Crippen LogP contribution in [0.1, 0.15) is 13.8 Å². The molecule has 1 heteroatoms. The molecule has 0 aliphatic heterocycles. The Labute approximate surface area is 89.7 Å². The van der Waals surface area contributed by atoms with Gasteiger partial charge >= 0.3 is 0 Å². The average molecular weight is 197 g/mol. The van der Waals surface area contributed by atoms with Crippen molar-refractivity contribution in [2.45, 2.75) is 13.8 Å². The first-order valence-electron chi connectivity index (χ1n) is 5.40. The largest absolute Gasteiger partial charge is 0.361 e. The number of rotatable bonds is 0. The van der Waals surface area contributed by atoms with Gasteiger partial charge in [0.25, 0.3) is 0 Å². The lowest BCUT2D eigenvalue weighted by Gasteiger charge is -1.97. The molecule has 0 aliphatic carbocycles. The second-order valence-electron chi connectivity index (χ2n) is 3.23. The van der Waals surface area contributed by atoms with Crippen molar-refractivity contribution in [1.29, 1.82) is 0 Å². The van der Waals surface area contributed by atoms with Gasteiger partial charge in [0.15, 0.2) is 0 Å². The standard InChI is InChI=1S/C12H9N.C2H6/c1-2-4-10-9(3-1)5-6-12-11(10)7-8-13-12;1-2/h1-8,13H;1-2H3. The topological polar surface area (TPSA) is 15.8 Å². The monoisotopic (exact) mass is 197 g/mol. The smallest absolute Gasteiger partial charge is 0.0460 e. The van der Waals surface area contributed by atoms with E-state index in [2.05, 4.69) is 47.4 Å². The van der Waals surface area contributed by atoms with Gasteiger partial charge in [0.1, 0.15) is 0 Å².